The zero-order chi connectivity index (χ0) is 18.0. The van der Waals surface area contributed by atoms with Crippen LogP contribution < -0.4 is 0 Å². The van der Waals surface area contributed by atoms with Gasteiger partial charge >= 0.3 is 0 Å². The van der Waals surface area contributed by atoms with E-state index in [1.165, 1.54) is 22.3 Å². The van der Waals surface area contributed by atoms with E-state index in [1.807, 2.05) is 0 Å². The van der Waals surface area contributed by atoms with Crippen LogP contribution in [0.25, 0.3) is 12.2 Å². The van der Waals surface area contributed by atoms with Gasteiger partial charge in [0.2, 0.25) is 0 Å². The van der Waals surface area contributed by atoms with Gasteiger partial charge < -0.3 is 0 Å². The lowest BCUT2D eigenvalue weighted by atomic mass is 9.79. The maximum atomic E-state index is 5.85. The van der Waals surface area contributed by atoms with Crippen molar-refractivity contribution in [2.75, 3.05) is 0 Å². The van der Waals surface area contributed by atoms with E-state index in [9.17, 15) is 0 Å². The molecule has 0 saturated carbocycles. The number of hydrogen-bond donors (Lipinski definition) is 0. The average Bonchev–Trinajstić information content (AvgIpc) is 2.51. The first-order valence-corrected chi connectivity index (χ1v) is 9.12. The van der Waals surface area contributed by atoms with Gasteiger partial charge in [0.1, 0.15) is 0 Å². The molecule has 2 rings (SSSR count). The lowest BCUT2D eigenvalue weighted by Crippen LogP contribution is -2.16. The first kappa shape index (κ1) is 18.8. The normalized spacial score (nSPS) is 12.8. The Morgan fingerprint density at radius 3 is 1.58 bits per heavy atom. The van der Waals surface area contributed by atoms with Crippen LogP contribution in [0.3, 0.4) is 0 Å². The molecule has 0 N–H and O–H groups in total. The van der Waals surface area contributed by atoms with Gasteiger partial charge in [-0.15, -0.1) is 11.6 Å². The summed E-state index contributed by atoms with van der Waals surface area (Å²) in [4.78, 5) is 0. The topological polar surface area (TPSA) is 0 Å². The first-order chi connectivity index (χ1) is 11.1. The third-order valence-corrected chi connectivity index (χ3v) is 4.60. The molecule has 0 heterocycles. The van der Waals surface area contributed by atoms with Gasteiger partial charge in [0.25, 0.3) is 0 Å². The molecule has 0 nitrogen and oxygen atoms in total. The zero-order valence-electron chi connectivity index (χ0n) is 15.8. The lowest BCUT2D eigenvalue weighted by Gasteiger charge is -2.25. The van der Waals surface area contributed by atoms with Gasteiger partial charge in [-0.25, -0.2) is 0 Å². The minimum absolute atomic E-state index is 0.145. The Kier molecular flexibility index (Phi) is 5.60. The van der Waals surface area contributed by atoms with Gasteiger partial charge in [-0.05, 0) is 38.6 Å². The molecule has 2 aromatic rings. The van der Waals surface area contributed by atoms with Crippen LogP contribution in [0.1, 0.15) is 69.4 Å². The Balaban J connectivity index is 2.39. The van der Waals surface area contributed by atoms with Crippen molar-refractivity contribution in [2.24, 2.45) is 0 Å². The summed E-state index contributed by atoms with van der Waals surface area (Å²) in [5.41, 5.74) is 6.66. The molecule has 0 fully saturated rings. The predicted molar refractivity (Wildman–Crippen MR) is 109 cm³/mol. The highest BCUT2D eigenvalue weighted by molar-refractivity contribution is 6.17. The number of benzene rings is 2. The SMILES string of the molecule is CC(C)(C)c1cc(/C=C/c2ccc(CCl)cc2)cc(C(C)(C)C)c1. The molecule has 0 unspecified atom stereocenters. The molecule has 0 atom stereocenters. The third-order valence-electron chi connectivity index (χ3n) is 4.29. The van der Waals surface area contributed by atoms with E-state index in [1.54, 1.807) is 0 Å². The second-order valence-corrected chi connectivity index (χ2v) is 8.82. The quantitative estimate of drug-likeness (QED) is 0.409. The lowest BCUT2D eigenvalue weighted by molar-refractivity contribution is 0.568. The number of halogens is 1. The molecule has 24 heavy (non-hydrogen) atoms. The fourth-order valence-corrected chi connectivity index (χ4v) is 2.70. The van der Waals surface area contributed by atoms with Crippen LogP contribution in [0.5, 0.6) is 0 Å². The summed E-state index contributed by atoms with van der Waals surface area (Å²) in [6.07, 6.45) is 4.38. The van der Waals surface area contributed by atoms with Gasteiger partial charge in [0.05, 0.1) is 0 Å². The molecule has 0 radical (unpaired) electrons. The van der Waals surface area contributed by atoms with E-state index in [0.29, 0.717) is 5.88 Å². The van der Waals surface area contributed by atoms with Crippen molar-refractivity contribution in [3.8, 4) is 0 Å². The standard InChI is InChI=1S/C23H29Cl/c1-22(2,3)20-13-19(14-21(15-20)23(4,5)6)12-9-17-7-10-18(16-24)11-8-17/h7-15H,16H2,1-6H3/b12-9+. The van der Waals surface area contributed by atoms with Crippen molar-refractivity contribution in [3.05, 3.63) is 70.3 Å². The minimum atomic E-state index is 0.145. The van der Waals surface area contributed by atoms with Gasteiger partial charge in [0, 0.05) is 5.88 Å². The Morgan fingerprint density at radius 1 is 0.708 bits per heavy atom. The monoisotopic (exact) mass is 340 g/mol. The Hall–Kier alpha value is -1.53. The van der Waals surface area contributed by atoms with Crippen LogP contribution >= 0.6 is 11.6 Å². The molecular weight excluding hydrogens is 312 g/mol. The molecule has 0 aliphatic rings. The summed E-state index contributed by atoms with van der Waals surface area (Å²) in [6.45, 7) is 13.6. The zero-order valence-corrected chi connectivity index (χ0v) is 16.5. The van der Waals surface area contributed by atoms with Crippen molar-refractivity contribution in [2.45, 2.75) is 58.3 Å². The van der Waals surface area contributed by atoms with Crippen molar-refractivity contribution in [1.82, 2.24) is 0 Å². The van der Waals surface area contributed by atoms with E-state index in [0.717, 1.165) is 5.56 Å². The fourth-order valence-electron chi connectivity index (χ4n) is 2.52. The summed E-state index contributed by atoms with van der Waals surface area (Å²) < 4.78 is 0. The number of hydrogen-bond acceptors (Lipinski definition) is 0. The van der Waals surface area contributed by atoms with Crippen molar-refractivity contribution >= 4 is 23.8 Å². The molecule has 1 heteroatoms. The van der Waals surface area contributed by atoms with Crippen LogP contribution in [-0.4, -0.2) is 0 Å². The van der Waals surface area contributed by atoms with Crippen molar-refractivity contribution < 1.29 is 0 Å². The second kappa shape index (κ2) is 7.15. The predicted octanol–water partition coefficient (Wildman–Crippen LogP) is 7.19. The summed E-state index contributed by atoms with van der Waals surface area (Å²) in [5.74, 6) is 0.562. The number of alkyl halides is 1. The van der Waals surface area contributed by atoms with E-state index in [-0.39, 0.29) is 10.8 Å². The van der Waals surface area contributed by atoms with Gasteiger partial charge in [0.15, 0.2) is 0 Å². The molecule has 0 aromatic heterocycles. The Morgan fingerprint density at radius 2 is 1.17 bits per heavy atom. The van der Waals surface area contributed by atoms with E-state index in [4.69, 9.17) is 11.6 Å². The van der Waals surface area contributed by atoms with Gasteiger partial charge in [-0.3, -0.25) is 0 Å². The van der Waals surface area contributed by atoms with Crippen molar-refractivity contribution in [1.29, 1.82) is 0 Å². The molecule has 0 spiro atoms. The summed E-state index contributed by atoms with van der Waals surface area (Å²) in [5, 5.41) is 0. The van der Waals surface area contributed by atoms with Crippen LogP contribution in [-0.2, 0) is 16.7 Å². The number of rotatable bonds is 3. The smallest absolute Gasteiger partial charge is 0.0474 e. The van der Waals surface area contributed by atoms with Crippen LogP contribution in [0.2, 0.25) is 0 Å². The summed E-state index contributed by atoms with van der Waals surface area (Å²) in [7, 11) is 0. The maximum absolute atomic E-state index is 5.85. The Bertz CT molecular complexity index is 675. The van der Waals surface area contributed by atoms with Gasteiger partial charge in [-0.1, -0.05) is 96.2 Å². The van der Waals surface area contributed by atoms with E-state index in [2.05, 4.69) is 96.2 Å². The van der Waals surface area contributed by atoms with E-state index < -0.39 is 0 Å². The third kappa shape index (κ3) is 4.98. The highest BCUT2D eigenvalue weighted by Crippen LogP contribution is 2.30. The molecule has 0 aliphatic carbocycles. The molecule has 2 aromatic carbocycles. The maximum Gasteiger partial charge on any atom is 0.0474 e. The highest BCUT2D eigenvalue weighted by Gasteiger charge is 2.19. The van der Waals surface area contributed by atoms with Crippen LogP contribution in [0.15, 0.2) is 42.5 Å². The highest BCUT2D eigenvalue weighted by atomic mass is 35.5. The molecule has 0 bridgehead atoms. The molecule has 0 amide bonds. The second-order valence-electron chi connectivity index (χ2n) is 8.55. The summed E-state index contributed by atoms with van der Waals surface area (Å²) in [6, 6.07) is 15.4. The fraction of sp³-hybridized carbons (Fsp3) is 0.391. The first-order valence-electron chi connectivity index (χ1n) is 8.58. The summed E-state index contributed by atoms with van der Waals surface area (Å²) >= 11 is 5.85. The minimum Gasteiger partial charge on any atom is -0.122 e. The molecule has 0 aliphatic heterocycles. The molecule has 128 valence electrons. The molecular formula is C23H29Cl. The van der Waals surface area contributed by atoms with Crippen molar-refractivity contribution in [3.63, 3.8) is 0 Å². The van der Waals surface area contributed by atoms with E-state index >= 15 is 0 Å². The van der Waals surface area contributed by atoms with Gasteiger partial charge in [-0.2, -0.15) is 0 Å². The Labute approximate surface area is 152 Å². The van der Waals surface area contributed by atoms with Crippen LogP contribution in [0, 0.1) is 0 Å². The van der Waals surface area contributed by atoms with Crippen LogP contribution in [0.4, 0.5) is 0 Å². The molecule has 0 saturated heterocycles. The average molecular weight is 341 g/mol. The largest absolute Gasteiger partial charge is 0.122 e.